The third-order valence-corrected chi connectivity index (χ3v) is 3.52. The molecule has 0 radical (unpaired) electrons. The molecule has 19 heavy (non-hydrogen) atoms. The number of fused-ring (bicyclic) bond motifs is 1. The van der Waals surface area contributed by atoms with Crippen LogP contribution in [0, 0.1) is 0 Å². The van der Waals surface area contributed by atoms with Crippen LogP contribution in [0.25, 0.3) is 0 Å². The molecule has 0 saturated carbocycles. The van der Waals surface area contributed by atoms with Crippen LogP contribution in [0.4, 0.5) is 0 Å². The van der Waals surface area contributed by atoms with Crippen LogP contribution in [0.1, 0.15) is 18.1 Å². The summed E-state index contributed by atoms with van der Waals surface area (Å²) in [6, 6.07) is 6.79. The van der Waals surface area contributed by atoms with Crippen LogP contribution >= 0.6 is 0 Å². The van der Waals surface area contributed by atoms with Gasteiger partial charge in [0.1, 0.15) is 12.1 Å². The highest BCUT2D eigenvalue weighted by molar-refractivity contribution is 5.87. The number of benzene rings is 1. The van der Waals surface area contributed by atoms with E-state index in [1.54, 1.807) is 6.92 Å². The average molecular weight is 263 g/mol. The fourth-order valence-corrected chi connectivity index (χ4v) is 2.31. The molecule has 0 spiro atoms. The molecule has 2 unspecified atom stereocenters. The number of hydrogen-bond donors (Lipinski definition) is 1. The van der Waals surface area contributed by atoms with E-state index in [-0.39, 0.29) is 5.91 Å². The number of ether oxygens (including phenoxy) is 1. The molecule has 1 aromatic rings. The number of nitrogens with zero attached hydrogens (tertiary/aromatic N) is 1. The van der Waals surface area contributed by atoms with Gasteiger partial charge in [0.15, 0.2) is 0 Å². The Bertz CT molecular complexity index is 500. The lowest BCUT2D eigenvalue weighted by atomic mass is 9.93. The van der Waals surface area contributed by atoms with E-state index in [1.807, 2.05) is 24.3 Å². The lowest BCUT2D eigenvalue weighted by Crippen LogP contribution is -2.51. The number of amides is 1. The van der Waals surface area contributed by atoms with Crippen LogP contribution in [0.3, 0.4) is 0 Å². The van der Waals surface area contributed by atoms with Crippen molar-refractivity contribution in [1.29, 1.82) is 0 Å². The van der Waals surface area contributed by atoms with E-state index in [2.05, 4.69) is 0 Å². The number of aliphatic carboxylic acids is 1. The van der Waals surface area contributed by atoms with E-state index in [0.717, 1.165) is 11.1 Å². The standard InChI is InChI=1S/C14H17NO4/c1-9(19-2)13(16)15-8-11-6-4-3-5-10(11)7-12(15)14(17)18/h3-6,9,12H,7-8H2,1-2H3,(H,17,18). The number of carbonyl (C=O) groups is 2. The fraction of sp³-hybridized carbons (Fsp3) is 0.429. The predicted octanol–water partition coefficient (Wildman–Crippen LogP) is 1.06. The normalized spacial score (nSPS) is 19.7. The topological polar surface area (TPSA) is 66.8 Å². The zero-order valence-corrected chi connectivity index (χ0v) is 11.0. The molecule has 1 aliphatic rings. The Labute approximate surface area is 111 Å². The number of rotatable bonds is 3. The monoisotopic (exact) mass is 263 g/mol. The Morgan fingerprint density at radius 3 is 2.58 bits per heavy atom. The third-order valence-electron chi connectivity index (χ3n) is 3.52. The lowest BCUT2D eigenvalue weighted by Gasteiger charge is -2.35. The van der Waals surface area contributed by atoms with Gasteiger partial charge < -0.3 is 14.7 Å². The van der Waals surface area contributed by atoms with Gasteiger partial charge >= 0.3 is 5.97 Å². The molecule has 1 aromatic carbocycles. The van der Waals surface area contributed by atoms with E-state index >= 15 is 0 Å². The maximum atomic E-state index is 12.2. The van der Waals surface area contributed by atoms with Crippen molar-refractivity contribution in [2.75, 3.05) is 7.11 Å². The molecule has 2 atom stereocenters. The van der Waals surface area contributed by atoms with Crippen molar-refractivity contribution in [2.24, 2.45) is 0 Å². The molecule has 0 aliphatic carbocycles. The second-order valence-electron chi connectivity index (χ2n) is 4.67. The quantitative estimate of drug-likeness (QED) is 0.885. The van der Waals surface area contributed by atoms with Gasteiger partial charge in [0, 0.05) is 20.1 Å². The Balaban J connectivity index is 2.31. The first kappa shape index (κ1) is 13.5. The van der Waals surface area contributed by atoms with Crippen LogP contribution in [0.15, 0.2) is 24.3 Å². The van der Waals surface area contributed by atoms with Crippen molar-refractivity contribution >= 4 is 11.9 Å². The second-order valence-corrected chi connectivity index (χ2v) is 4.67. The van der Waals surface area contributed by atoms with E-state index in [4.69, 9.17) is 4.74 Å². The van der Waals surface area contributed by atoms with E-state index < -0.39 is 18.1 Å². The highest BCUT2D eigenvalue weighted by atomic mass is 16.5. The largest absolute Gasteiger partial charge is 0.480 e. The second kappa shape index (κ2) is 5.40. The summed E-state index contributed by atoms with van der Waals surface area (Å²) in [4.78, 5) is 24.9. The number of carboxylic acids is 1. The van der Waals surface area contributed by atoms with Crippen LogP contribution in [-0.2, 0) is 27.3 Å². The number of carbonyl (C=O) groups excluding carboxylic acids is 1. The van der Waals surface area contributed by atoms with Gasteiger partial charge in [0.05, 0.1) is 0 Å². The number of hydrogen-bond acceptors (Lipinski definition) is 3. The summed E-state index contributed by atoms with van der Waals surface area (Å²) in [6.45, 7) is 1.95. The van der Waals surface area contributed by atoms with Crippen LogP contribution in [0.2, 0.25) is 0 Å². The molecule has 0 bridgehead atoms. The highest BCUT2D eigenvalue weighted by Crippen LogP contribution is 2.24. The summed E-state index contributed by atoms with van der Waals surface area (Å²) >= 11 is 0. The minimum absolute atomic E-state index is 0.288. The molecular formula is C14H17NO4. The molecule has 0 fully saturated rings. The summed E-state index contributed by atoms with van der Waals surface area (Å²) in [7, 11) is 1.44. The smallest absolute Gasteiger partial charge is 0.326 e. The zero-order chi connectivity index (χ0) is 14.0. The fourth-order valence-electron chi connectivity index (χ4n) is 2.31. The van der Waals surface area contributed by atoms with Crippen LogP contribution < -0.4 is 0 Å². The van der Waals surface area contributed by atoms with Crippen molar-refractivity contribution in [3.8, 4) is 0 Å². The van der Waals surface area contributed by atoms with Gasteiger partial charge in [-0.2, -0.15) is 0 Å². The zero-order valence-electron chi connectivity index (χ0n) is 11.0. The first-order chi connectivity index (χ1) is 9.04. The van der Waals surface area contributed by atoms with Crippen molar-refractivity contribution in [3.63, 3.8) is 0 Å². The Kier molecular flexibility index (Phi) is 3.85. The third kappa shape index (κ3) is 2.61. The first-order valence-corrected chi connectivity index (χ1v) is 6.17. The first-order valence-electron chi connectivity index (χ1n) is 6.17. The van der Waals surface area contributed by atoms with Gasteiger partial charge in [0.25, 0.3) is 5.91 Å². The SMILES string of the molecule is COC(C)C(=O)N1Cc2ccccc2CC1C(=O)O. The van der Waals surface area contributed by atoms with E-state index in [9.17, 15) is 14.7 Å². The Hall–Kier alpha value is -1.88. The molecule has 5 nitrogen and oxygen atoms in total. The molecule has 1 amide bonds. The predicted molar refractivity (Wildman–Crippen MR) is 68.6 cm³/mol. The molecular weight excluding hydrogens is 246 g/mol. The molecule has 1 N–H and O–H groups in total. The minimum atomic E-state index is -0.980. The Morgan fingerprint density at radius 2 is 2.00 bits per heavy atom. The number of carboxylic acid groups (broad SMARTS) is 1. The van der Waals surface area contributed by atoms with Crippen molar-refractivity contribution in [2.45, 2.75) is 32.0 Å². The molecule has 0 aromatic heterocycles. The lowest BCUT2D eigenvalue weighted by molar-refractivity contribution is -0.156. The molecule has 1 aliphatic heterocycles. The van der Waals surface area contributed by atoms with Gasteiger partial charge in [-0.3, -0.25) is 4.79 Å². The van der Waals surface area contributed by atoms with Crippen molar-refractivity contribution in [3.05, 3.63) is 35.4 Å². The van der Waals surface area contributed by atoms with Gasteiger partial charge in [-0.05, 0) is 18.1 Å². The maximum absolute atomic E-state index is 12.2. The van der Waals surface area contributed by atoms with E-state index in [1.165, 1.54) is 12.0 Å². The summed E-state index contributed by atoms with van der Waals surface area (Å²) in [5, 5.41) is 9.30. The molecule has 102 valence electrons. The summed E-state index contributed by atoms with van der Waals surface area (Å²) in [5.74, 6) is -1.27. The van der Waals surface area contributed by atoms with Crippen molar-refractivity contribution < 1.29 is 19.4 Å². The van der Waals surface area contributed by atoms with E-state index in [0.29, 0.717) is 13.0 Å². The van der Waals surface area contributed by atoms with Gasteiger partial charge in [-0.15, -0.1) is 0 Å². The minimum Gasteiger partial charge on any atom is -0.480 e. The maximum Gasteiger partial charge on any atom is 0.326 e. The average Bonchev–Trinajstić information content (AvgIpc) is 2.44. The molecule has 5 heteroatoms. The Morgan fingerprint density at radius 1 is 1.37 bits per heavy atom. The molecule has 0 saturated heterocycles. The van der Waals surface area contributed by atoms with Gasteiger partial charge in [-0.1, -0.05) is 24.3 Å². The molecule has 2 rings (SSSR count). The van der Waals surface area contributed by atoms with Crippen molar-refractivity contribution in [1.82, 2.24) is 4.90 Å². The van der Waals surface area contributed by atoms with Crippen LogP contribution in [0.5, 0.6) is 0 Å². The van der Waals surface area contributed by atoms with Crippen LogP contribution in [-0.4, -0.2) is 41.1 Å². The summed E-state index contributed by atoms with van der Waals surface area (Å²) < 4.78 is 5.00. The summed E-state index contributed by atoms with van der Waals surface area (Å²) in [5.41, 5.74) is 1.99. The summed E-state index contributed by atoms with van der Waals surface area (Å²) in [6.07, 6.45) is -0.291. The van der Waals surface area contributed by atoms with Gasteiger partial charge in [-0.25, -0.2) is 4.79 Å². The highest BCUT2D eigenvalue weighted by Gasteiger charge is 2.36. The molecule has 1 heterocycles. The number of methoxy groups -OCH3 is 1. The van der Waals surface area contributed by atoms with Gasteiger partial charge in [0.2, 0.25) is 0 Å².